The summed E-state index contributed by atoms with van der Waals surface area (Å²) in [6.07, 6.45) is 9.75. The summed E-state index contributed by atoms with van der Waals surface area (Å²) >= 11 is 0. The topological polar surface area (TPSA) is 15.3 Å². The molecule has 2 heteroatoms. The molecule has 0 heterocycles. The van der Waals surface area contributed by atoms with Crippen LogP contribution in [-0.2, 0) is 0 Å². The fourth-order valence-corrected chi connectivity index (χ4v) is 3.48. The van der Waals surface area contributed by atoms with Crippen LogP contribution in [-0.4, -0.2) is 30.6 Å². The molecule has 2 fully saturated rings. The van der Waals surface area contributed by atoms with Crippen LogP contribution in [0.1, 0.15) is 56.6 Å². The second kappa shape index (κ2) is 6.73. The third kappa shape index (κ3) is 3.62. The Morgan fingerprint density at radius 2 is 1.75 bits per heavy atom. The predicted molar refractivity (Wildman–Crippen MR) is 84.8 cm³/mol. The molecule has 0 spiro atoms. The third-order valence-electron chi connectivity index (χ3n) is 5.00. The second-order valence-electron chi connectivity index (χ2n) is 6.57. The van der Waals surface area contributed by atoms with Crippen molar-refractivity contribution in [1.82, 2.24) is 10.2 Å². The molecule has 1 aromatic rings. The van der Waals surface area contributed by atoms with E-state index in [0.29, 0.717) is 6.04 Å². The van der Waals surface area contributed by atoms with E-state index in [9.17, 15) is 0 Å². The van der Waals surface area contributed by atoms with Crippen molar-refractivity contribution in [3.8, 4) is 0 Å². The molecule has 0 aliphatic heterocycles. The molecule has 0 saturated heterocycles. The highest BCUT2D eigenvalue weighted by Gasteiger charge is 2.28. The number of hydrogen-bond acceptors (Lipinski definition) is 2. The summed E-state index contributed by atoms with van der Waals surface area (Å²) in [6, 6.07) is 13.1. The van der Waals surface area contributed by atoms with Crippen LogP contribution in [0.3, 0.4) is 0 Å². The number of rotatable bonds is 6. The quantitative estimate of drug-likeness (QED) is 0.848. The van der Waals surface area contributed by atoms with E-state index in [1.807, 2.05) is 0 Å². The van der Waals surface area contributed by atoms with Crippen LogP contribution in [0.2, 0.25) is 0 Å². The van der Waals surface area contributed by atoms with Gasteiger partial charge >= 0.3 is 0 Å². The second-order valence-corrected chi connectivity index (χ2v) is 6.57. The van der Waals surface area contributed by atoms with Crippen molar-refractivity contribution in [1.29, 1.82) is 0 Å². The summed E-state index contributed by atoms with van der Waals surface area (Å²) in [5.74, 6) is 0. The van der Waals surface area contributed by atoms with E-state index in [1.54, 1.807) is 0 Å². The van der Waals surface area contributed by atoms with Crippen LogP contribution < -0.4 is 5.32 Å². The third-order valence-corrected chi connectivity index (χ3v) is 5.00. The molecule has 0 radical (unpaired) electrons. The molecule has 2 aliphatic carbocycles. The van der Waals surface area contributed by atoms with E-state index in [0.717, 1.165) is 18.6 Å². The Balaban J connectivity index is 1.69. The van der Waals surface area contributed by atoms with Gasteiger partial charge in [-0.05, 0) is 38.3 Å². The van der Waals surface area contributed by atoms with E-state index in [4.69, 9.17) is 0 Å². The van der Waals surface area contributed by atoms with Gasteiger partial charge in [0.25, 0.3) is 0 Å². The van der Waals surface area contributed by atoms with Crippen LogP contribution >= 0.6 is 0 Å². The largest absolute Gasteiger partial charge is 0.312 e. The lowest BCUT2D eigenvalue weighted by atomic mass is 9.92. The zero-order valence-corrected chi connectivity index (χ0v) is 12.7. The molecule has 110 valence electrons. The van der Waals surface area contributed by atoms with Crippen molar-refractivity contribution in [2.24, 2.45) is 0 Å². The van der Waals surface area contributed by atoms with E-state index >= 15 is 0 Å². The molecule has 1 unspecified atom stereocenters. The average Bonchev–Trinajstić information content (AvgIpc) is 3.33. The molecule has 0 aromatic heterocycles. The molecule has 2 aliphatic rings. The maximum atomic E-state index is 3.73. The molecule has 2 nitrogen and oxygen atoms in total. The van der Waals surface area contributed by atoms with Gasteiger partial charge in [-0.15, -0.1) is 0 Å². The minimum Gasteiger partial charge on any atom is -0.312 e. The Morgan fingerprint density at radius 1 is 1.05 bits per heavy atom. The van der Waals surface area contributed by atoms with Crippen molar-refractivity contribution in [3.63, 3.8) is 0 Å². The Labute approximate surface area is 123 Å². The lowest BCUT2D eigenvalue weighted by molar-refractivity contribution is 0.135. The van der Waals surface area contributed by atoms with Gasteiger partial charge in [0.05, 0.1) is 0 Å². The fourth-order valence-electron chi connectivity index (χ4n) is 3.48. The van der Waals surface area contributed by atoms with Gasteiger partial charge in [-0.1, -0.05) is 49.6 Å². The molecule has 1 N–H and O–H groups in total. The monoisotopic (exact) mass is 272 g/mol. The summed E-state index contributed by atoms with van der Waals surface area (Å²) < 4.78 is 0. The maximum absolute atomic E-state index is 3.73. The summed E-state index contributed by atoms with van der Waals surface area (Å²) in [5.41, 5.74) is 1.47. The van der Waals surface area contributed by atoms with Gasteiger partial charge in [0.15, 0.2) is 0 Å². The molecule has 2 saturated carbocycles. The molecule has 1 atom stereocenters. The van der Waals surface area contributed by atoms with E-state index in [2.05, 4.69) is 47.6 Å². The molecule has 20 heavy (non-hydrogen) atoms. The Morgan fingerprint density at radius 3 is 2.40 bits per heavy atom. The Hall–Kier alpha value is -0.860. The number of benzene rings is 1. The minimum absolute atomic E-state index is 0.528. The SMILES string of the molecule is CN(C1CCCCC1)C(CNC1CC1)c1ccccc1. The maximum Gasteiger partial charge on any atom is 0.0472 e. The van der Waals surface area contributed by atoms with Gasteiger partial charge in [-0.3, -0.25) is 4.90 Å². The molecule has 0 bridgehead atoms. The molecular weight excluding hydrogens is 244 g/mol. The highest BCUT2D eigenvalue weighted by Crippen LogP contribution is 2.29. The van der Waals surface area contributed by atoms with E-state index < -0.39 is 0 Å². The lowest BCUT2D eigenvalue weighted by Gasteiger charge is -2.37. The van der Waals surface area contributed by atoms with Crippen molar-refractivity contribution < 1.29 is 0 Å². The smallest absolute Gasteiger partial charge is 0.0472 e. The summed E-state index contributed by atoms with van der Waals surface area (Å²) in [5, 5.41) is 3.73. The first-order valence-electron chi connectivity index (χ1n) is 8.35. The van der Waals surface area contributed by atoms with Gasteiger partial charge in [0.1, 0.15) is 0 Å². The van der Waals surface area contributed by atoms with Crippen molar-refractivity contribution in [2.75, 3.05) is 13.6 Å². The standard InChI is InChI=1S/C18H28N2/c1-20(17-10-6-3-7-11-17)18(14-19-16-12-13-16)15-8-4-2-5-9-15/h2,4-5,8-9,16-19H,3,6-7,10-14H2,1H3. The van der Waals surface area contributed by atoms with Crippen LogP contribution in [0.15, 0.2) is 30.3 Å². The first kappa shape index (κ1) is 14.1. The highest BCUT2D eigenvalue weighted by atomic mass is 15.2. The minimum atomic E-state index is 0.528. The van der Waals surface area contributed by atoms with Gasteiger partial charge in [0.2, 0.25) is 0 Å². The molecular formula is C18H28N2. The van der Waals surface area contributed by atoms with Crippen LogP contribution in [0.4, 0.5) is 0 Å². The zero-order valence-electron chi connectivity index (χ0n) is 12.7. The summed E-state index contributed by atoms with van der Waals surface area (Å²) in [6.45, 7) is 1.10. The van der Waals surface area contributed by atoms with E-state index in [1.165, 1.54) is 50.5 Å². The molecule has 3 rings (SSSR count). The molecule has 1 aromatic carbocycles. The van der Waals surface area contributed by atoms with Crippen molar-refractivity contribution in [2.45, 2.75) is 63.1 Å². The van der Waals surface area contributed by atoms with Gasteiger partial charge in [-0.2, -0.15) is 0 Å². The van der Waals surface area contributed by atoms with Gasteiger partial charge in [-0.25, -0.2) is 0 Å². The number of nitrogens with one attached hydrogen (secondary N) is 1. The molecule has 0 amide bonds. The number of nitrogens with zero attached hydrogens (tertiary/aromatic N) is 1. The highest BCUT2D eigenvalue weighted by molar-refractivity contribution is 5.19. The first-order valence-corrected chi connectivity index (χ1v) is 8.35. The van der Waals surface area contributed by atoms with Crippen molar-refractivity contribution in [3.05, 3.63) is 35.9 Å². The Kier molecular flexibility index (Phi) is 4.74. The Bertz CT molecular complexity index is 393. The van der Waals surface area contributed by atoms with Crippen LogP contribution in [0.5, 0.6) is 0 Å². The number of hydrogen-bond donors (Lipinski definition) is 1. The van der Waals surface area contributed by atoms with Gasteiger partial charge < -0.3 is 5.32 Å². The normalized spacial score (nSPS) is 22.1. The predicted octanol–water partition coefficient (Wildman–Crippen LogP) is 3.74. The van der Waals surface area contributed by atoms with Crippen molar-refractivity contribution >= 4 is 0 Å². The van der Waals surface area contributed by atoms with Gasteiger partial charge in [0, 0.05) is 24.7 Å². The first-order chi connectivity index (χ1) is 9.84. The number of likely N-dealkylation sites (N-methyl/N-ethyl adjacent to an activating group) is 1. The summed E-state index contributed by atoms with van der Waals surface area (Å²) in [4.78, 5) is 2.64. The fraction of sp³-hybridized carbons (Fsp3) is 0.667. The summed E-state index contributed by atoms with van der Waals surface area (Å²) in [7, 11) is 2.34. The van der Waals surface area contributed by atoms with Crippen LogP contribution in [0.25, 0.3) is 0 Å². The average molecular weight is 272 g/mol. The van der Waals surface area contributed by atoms with Crippen LogP contribution in [0, 0.1) is 0 Å². The lowest BCUT2D eigenvalue weighted by Crippen LogP contribution is -2.41. The zero-order chi connectivity index (χ0) is 13.8. The van der Waals surface area contributed by atoms with E-state index in [-0.39, 0.29) is 0 Å².